The highest BCUT2D eigenvalue weighted by atomic mass is 79.9. The highest BCUT2D eigenvalue weighted by Gasteiger charge is 2.18. The van der Waals surface area contributed by atoms with Crippen LogP contribution in [0.5, 0.6) is 0 Å². The number of hydrogen-bond acceptors (Lipinski definition) is 2. The van der Waals surface area contributed by atoms with Crippen molar-refractivity contribution in [3.63, 3.8) is 0 Å². The number of ether oxygens (including phenoxy) is 1. The second kappa shape index (κ2) is 3.25. The van der Waals surface area contributed by atoms with Crippen LogP contribution in [0.2, 0.25) is 0 Å². The molecule has 1 saturated heterocycles. The molecule has 60 valence electrons. The molecule has 0 saturated carbocycles. The summed E-state index contributed by atoms with van der Waals surface area (Å²) in [6, 6.07) is 2.20. The molecule has 0 bridgehead atoms. The molecule has 1 aliphatic heterocycles. The van der Waals surface area contributed by atoms with E-state index in [1.165, 1.54) is 15.8 Å². The molecule has 1 unspecified atom stereocenters. The van der Waals surface area contributed by atoms with Crippen LogP contribution in [-0.2, 0) is 4.74 Å². The lowest BCUT2D eigenvalue weighted by molar-refractivity contribution is 0.194. The smallest absolute Gasteiger partial charge is 0.0701 e. The predicted molar refractivity (Wildman–Crippen MR) is 50.2 cm³/mol. The van der Waals surface area contributed by atoms with Crippen molar-refractivity contribution in [3.05, 3.63) is 20.8 Å². The first-order valence-corrected chi connectivity index (χ1v) is 5.35. The zero-order valence-electron chi connectivity index (χ0n) is 6.05. The minimum Gasteiger partial charge on any atom is -0.381 e. The number of thiophene rings is 1. The minimum absolute atomic E-state index is 0.651. The summed E-state index contributed by atoms with van der Waals surface area (Å²) >= 11 is 5.21. The lowest BCUT2D eigenvalue weighted by Crippen LogP contribution is -1.94. The largest absolute Gasteiger partial charge is 0.381 e. The Hall–Kier alpha value is 0.140. The summed E-state index contributed by atoms with van der Waals surface area (Å²) < 4.78 is 6.53. The van der Waals surface area contributed by atoms with Crippen LogP contribution >= 0.6 is 27.3 Å². The van der Waals surface area contributed by atoms with Crippen LogP contribution in [0.4, 0.5) is 0 Å². The third-order valence-corrected chi connectivity index (χ3v) is 3.51. The highest BCUT2D eigenvalue weighted by molar-refractivity contribution is 9.11. The summed E-state index contributed by atoms with van der Waals surface area (Å²) in [6.45, 7) is 1.83. The first kappa shape index (κ1) is 7.77. The highest BCUT2D eigenvalue weighted by Crippen LogP contribution is 2.31. The summed E-state index contributed by atoms with van der Waals surface area (Å²) in [7, 11) is 0. The Morgan fingerprint density at radius 3 is 3.09 bits per heavy atom. The Balaban J connectivity index is 2.15. The lowest BCUT2D eigenvalue weighted by Gasteiger charge is -2.01. The Labute approximate surface area is 78.5 Å². The fourth-order valence-electron chi connectivity index (χ4n) is 1.33. The number of halogens is 1. The van der Waals surface area contributed by atoms with Gasteiger partial charge in [0.15, 0.2) is 0 Å². The van der Waals surface area contributed by atoms with Crippen LogP contribution in [0, 0.1) is 0 Å². The van der Waals surface area contributed by atoms with Crippen LogP contribution in [0.1, 0.15) is 17.9 Å². The van der Waals surface area contributed by atoms with Gasteiger partial charge >= 0.3 is 0 Å². The van der Waals surface area contributed by atoms with Crippen molar-refractivity contribution in [2.24, 2.45) is 0 Å². The number of hydrogen-bond donors (Lipinski definition) is 0. The molecule has 1 aliphatic rings. The molecule has 2 rings (SSSR count). The Morgan fingerprint density at radius 2 is 2.55 bits per heavy atom. The molecule has 1 aromatic heterocycles. The van der Waals surface area contributed by atoms with Crippen molar-refractivity contribution in [1.29, 1.82) is 0 Å². The van der Waals surface area contributed by atoms with Crippen LogP contribution in [0.25, 0.3) is 0 Å². The summed E-state index contributed by atoms with van der Waals surface area (Å²) in [6.07, 6.45) is 1.18. The normalized spacial score (nSPS) is 24.3. The van der Waals surface area contributed by atoms with Gasteiger partial charge in [-0.15, -0.1) is 11.3 Å². The van der Waals surface area contributed by atoms with Crippen LogP contribution in [0.3, 0.4) is 0 Å². The minimum atomic E-state index is 0.651. The van der Waals surface area contributed by atoms with E-state index in [2.05, 4.69) is 27.4 Å². The van der Waals surface area contributed by atoms with Gasteiger partial charge in [-0.2, -0.15) is 0 Å². The van der Waals surface area contributed by atoms with Gasteiger partial charge in [0.25, 0.3) is 0 Å². The van der Waals surface area contributed by atoms with E-state index in [0.717, 1.165) is 13.2 Å². The van der Waals surface area contributed by atoms with Crippen molar-refractivity contribution in [2.45, 2.75) is 12.3 Å². The summed E-state index contributed by atoms with van der Waals surface area (Å²) in [4.78, 5) is 0. The molecule has 1 aromatic rings. The molecule has 1 nitrogen and oxygen atoms in total. The topological polar surface area (TPSA) is 9.23 Å². The molecule has 3 heteroatoms. The molecule has 1 fully saturated rings. The van der Waals surface area contributed by atoms with E-state index in [-0.39, 0.29) is 0 Å². The Morgan fingerprint density at radius 1 is 1.64 bits per heavy atom. The van der Waals surface area contributed by atoms with Gasteiger partial charge in [-0.1, -0.05) is 0 Å². The number of rotatable bonds is 1. The van der Waals surface area contributed by atoms with Gasteiger partial charge in [-0.05, 0) is 39.4 Å². The predicted octanol–water partition coefficient (Wildman–Crippen LogP) is 3.01. The van der Waals surface area contributed by atoms with Crippen molar-refractivity contribution in [3.8, 4) is 0 Å². The van der Waals surface area contributed by atoms with Crippen LogP contribution in [-0.4, -0.2) is 13.2 Å². The van der Waals surface area contributed by atoms with E-state index >= 15 is 0 Å². The summed E-state index contributed by atoms with van der Waals surface area (Å²) in [5, 5.41) is 2.21. The average Bonchev–Trinajstić information content (AvgIpc) is 2.55. The second-order valence-corrected chi connectivity index (χ2v) is 5.04. The monoisotopic (exact) mass is 232 g/mol. The van der Waals surface area contributed by atoms with Gasteiger partial charge in [-0.25, -0.2) is 0 Å². The van der Waals surface area contributed by atoms with E-state index in [0.29, 0.717) is 5.92 Å². The molecule has 0 spiro atoms. The molecule has 0 aliphatic carbocycles. The van der Waals surface area contributed by atoms with E-state index in [1.807, 2.05) is 0 Å². The molecule has 11 heavy (non-hydrogen) atoms. The quantitative estimate of drug-likeness (QED) is 0.724. The van der Waals surface area contributed by atoms with Gasteiger partial charge in [-0.3, -0.25) is 0 Å². The van der Waals surface area contributed by atoms with Gasteiger partial charge in [0.1, 0.15) is 0 Å². The van der Waals surface area contributed by atoms with E-state index in [4.69, 9.17) is 4.74 Å². The van der Waals surface area contributed by atoms with E-state index < -0.39 is 0 Å². The molecule has 0 radical (unpaired) electrons. The maximum Gasteiger partial charge on any atom is 0.0701 e. The molecule has 2 heterocycles. The van der Waals surface area contributed by atoms with Crippen molar-refractivity contribution in [2.75, 3.05) is 13.2 Å². The third kappa shape index (κ3) is 1.66. The van der Waals surface area contributed by atoms with E-state index in [1.54, 1.807) is 11.3 Å². The second-order valence-electron chi connectivity index (χ2n) is 2.74. The van der Waals surface area contributed by atoms with Gasteiger partial charge in [0, 0.05) is 12.5 Å². The SMILES string of the molecule is Brc1cc(C2CCOC2)cs1. The van der Waals surface area contributed by atoms with Crippen molar-refractivity contribution < 1.29 is 4.74 Å². The molecular weight excluding hydrogens is 224 g/mol. The molecule has 0 aromatic carbocycles. The fourth-order valence-corrected chi connectivity index (χ4v) is 2.59. The van der Waals surface area contributed by atoms with Gasteiger partial charge in [0.2, 0.25) is 0 Å². The zero-order valence-corrected chi connectivity index (χ0v) is 8.45. The van der Waals surface area contributed by atoms with Crippen LogP contribution in [0.15, 0.2) is 15.2 Å². The molecular formula is C8H9BrOS. The summed E-state index contributed by atoms with van der Waals surface area (Å²) in [5.41, 5.74) is 1.43. The fraction of sp³-hybridized carbons (Fsp3) is 0.500. The Kier molecular flexibility index (Phi) is 2.30. The van der Waals surface area contributed by atoms with Gasteiger partial charge in [0.05, 0.1) is 10.4 Å². The Bertz CT molecular complexity index is 240. The standard InChI is InChI=1S/C8H9BrOS/c9-8-3-7(5-11-8)6-1-2-10-4-6/h3,5-6H,1-2,4H2. The average molecular weight is 233 g/mol. The maximum absolute atomic E-state index is 5.31. The molecule has 0 N–H and O–H groups in total. The van der Waals surface area contributed by atoms with Gasteiger partial charge < -0.3 is 4.74 Å². The molecule has 0 amide bonds. The molecule has 1 atom stereocenters. The first-order chi connectivity index (χ1) is 5.36. The van der Waals surface area contributed by atoms with E-state index in [9.17, 15) is 0 Å². The third-order valence-electron chi connectivity index (χ3n) is 1.99. The zero-order chi connectivity index (χ0) is 7.68. The van der Waals surface area contributed by atoms with Crippen LogP contribution < -0.4 is 0 Å². The maximum atomic E-state index is 5.31. The summed E-state index contributed by atoms with van der Waals surface area (Å²) in [5.74, 6) is 0.651. The van der Waals surface area contributed by atoms with Crippen molar-refractivity contribution in [1.82, 2.24) is 0 Å². The lowest BCUT2D eigenvalue weighted by atomic mass is 10.0. The first-order valence-electron chi connectivity index (χ1n) is 3.68. The van der Waals surface area contributed by atoms with Crippen molar-refractivity contribution >= 4 is 27.3 Å².